The summed E-state index contributed by atoms with van der Waals surface area (Å²) in [5.41, 5.74) is 0. The highest BCUT2D eigenvalue weighted by molar-refractivity contribution is 5.80. The van der Waals surface area contributed by atoms with Crippen LogP contribution in [0.5, 0.6) is 0 Å². The second-order valence-corrected chi connectivity index (χ2v) is 13.6. The Morgan fingerprint density at radius 2 is 1.23 bits per heavy atom. The predicted molar refractivity (Wildman–Crippen MR) is 187 cm³/mol. The van der Waals surface area contributed by atoms with E-state index < -0.39 is 74.2 Å². The van der Waals surface area contributed by atoms with Crippen LogP contribution in [0.4, 0.5) is 0 Å². The fraction of sp³-hybridized carbons (Fsp3) is 0.919. The number of hydrogen-bond donors (Lipinski definition) is 8. The van der Waals surface area contributed by atoms with Gasteiger partial charge in [0.1, 0.15) is 36.6 Å². The summed E-state index contributed by atoms with van der Waals surface area (Å²) in [4.78, 5) is 12.9. The van der Waals surface area contributed by atoms with Crippen molar-refractivity contribution in [3.63, 3.8) is 0 Å². The first kappa shape index (κ1) is 44.9. The van der Waals surface area contributed by atoms with Crippen molar-refractivity contribution in [1.82, 2.24) is 5.32 Å². The molecule has 1 aliphatic rings. The summed E-state index contributed by atoms with van der Waals surface area (Å²) in [5, 5.41) is 75.0. The van der Waals surface area contributed by atoms with Crippen molar-refractivity contribution in [2.24, 2.45) is 0 Å². The van der Waals surface area contributed by atoms with Crippen molar-refractivity contribution in [3.05, 3.63) is 12.2 Å². The van der Waals surface area contributed by atoms with Crippen LogP contribution in [0.1, 0.15) is 149 Å². The summed E-state index contributed by atoms with van der Waals surface area (Å²) in [7, 11) is 0. The Bertz CT molecular complexity index is 800. The molecule has 11 nitrogen and oxygen atoms in total. The number of hydrogen-bond acceptors (Lipinski definition) is 10. The van der Waals surface area contributed by atoms with E-state index in [9.17, 15) is 40.5 Å². The summed E-state index contributed by atoms with van der Waals surface area (Å²) in [6.45, 7) is 3.34. The Morgan fingerprint density at radius 1 is 0.708 bits per heavy atom. The van der Waals surface area contributed by atoms with Gasteiger partial charge in [0.2, 0.25) is 5.91 Å². The maximum Gasteiger partial charge on any atom is 0.249 e. The van der Waals surface area contributed by atoms with Crippen LogP contribution in [0, 0.1) is 0 Å². The lowest BCUT2D eigenvalue weighted by Gasteiger charge is -2.40. The van der Waals surface area contributed by atoms with Crippen LogP contribution < -0.4 is 5.32 Å². The van der Waals surface area contributed by atoms with Crippen LogP contribution in [0.15, 0.2) is 12.2 Å². The van der Waals surface area contributed by atoms with Crippen LogP contribution in [-0.4, -0.2) is 110 Å². The topological polar surface area (TPSA) is 189 Å². The summed E-state index contributed by atoms with van der Waals surface area (Å²) >= 11 is 0. The van der Waals surface area contributed by atoms with Gasteiger partial charge in [0.15, 0.2) is 6.29 Å². The van der Waals surface area contributed by atoms with Gasteiger partial charge in [-0.25, -0.2) is 0 Å². The number of carbonyl (C=O) groups excluding carboxylic acids is 1. The molecule has 1 fully saturated rings. The summed E-state index contributed by atoms with van der Waals surface area (Å²) in [6, 6.07) is -1.18. The molecule has 284 valence electrons. The molecule has 9 atom stereocenters. The quantitative estimate of drug-likeness (QED) is 0.0402. The highest BCUT2D eigenvalue weighted by Gasteiger charge is 2.44. The van der Waals surface area contributed by atoms with Crippen molar-refractivity contribution in [2.45, 2.75) is 204 Å². The number of ether oxygens (including phenoxy) is 2. The second-order valence-electron chi connectivity index (χ2n) is 13.6. The first-order chi connectivity index (χ1) is 23.2. The molecule has 0 aromatic rings. The monoisotopic (exact) mass is 690 g/mol. The maximum absolute atomic E-state index is 12.9. The summed E-state index contributed by atoms with van der Waals surface area (Å²) < 4.78 is 11.0. The van der Waals surface area contributed by atoms with Gasteiger partial charge in [-0.15, -0.1) is 0 Å². The Labute approximate surface area is 290 Å². The molecular weight excluding hydrogens is 618 g/mol. The third kappa shape index (κ3) is 19.3. The Balaban J connectivity index is 2.61. The van der Waals surface area contributed by atoms with Crippen LogP contribution >= 0.6 is 0 Å². The summed E-state index contributed by atoms with van der Waals surface area (Å²) in [6.07, 6.45) is 14.3. The largest absolute Gasteiger partial charge is 0.394 e. The molecule has 1 saturated heterocycles. The number of unbranched alkanes of at least 4 members (excludes halogenated alkanes) is 16. The van der Waals surface area contributed by atoms with E-state index in [0.29, 0.717) is 12.8 Å². The van der Waals surface area contributed by atoms with E-state index in [1.54, 1.807) is 0 Å². The van der Waals surface area contributed by atoms with Crippen molar-refractivity contribution in [1.29, 1.82) is 0 Å². The molecule has 0 bridgehead atoms. The minimum Gasteiger partial charge on any atom is -0.394 e. The molecule has 0 radical (unpaired) electrons. The molecule has 0 aliphatic carbocycles. The van der Waals surface area contributed by atoms with Crippen molar-refractivity contribution < 1.29 is 50.0 Å². The lowest BCUT2D eigenvalue weighted by atomic mass is 9.98. The number of aliphatic hydroxyl groups excluding tert-OH is 7. The van der Waals surface area contributed by atoms with Gasteiger partial charge in [-0.05, 0) is 38.5 Å². The van der Waals surface area contributed by atoms with Gasteiger partial charge < -0.3 is 50.5 Å². The van der Waals surface area contributed by atoms with E-state index in [1.807, 2.05) is 0 Å². The molecule has 0 spiro atoms. The first-order valence-corrected chi connectivity index (χ1v) is 19.1. The van der Waals surface area contributed by atoms with E-state index in [0.717, 1.165) is 38.5 Å². The lowest BCUT2D eigenvalue weighted by molar-refractivity contribution is -0.303. The number of amides is 1. The van der Waals surface area contributed by atoms with E-state index in [1.165, 1.54) is 70.6 Å². The molecule has 1 aliphatic heterocycles. The van der Waals surface area contributed by atoms with Gasteiger partial charge in [-0.1, -0.05) is 122 Å². The molecule has 0 aromatic carbocycles. The smallest absolute Gasteiger partial charge is 0.249 e. The van der Waals surface area contributed by atoms with E-state index in [-0.39, 0.29) is 12.8 Å². The van der Waals surface area contributed by atoms with E-state index in [4.69, 9.17) is 9.47 Å². The fourth-order valence-corrected chi connectivity index (χ4v) is 6.03. The number of aliphatic hydroxyl groups is 7. The van der Waals surface area contributed by atoms with Crippen LogP contribution in [0.2, 0.25) is 0 Å². The van der Waals surface area contributed by atoms with Crippen molar-refractivity contribution in [2.75, 3.05) is 13.2 Å². The van der Waals surface area contributed by atoms with Crippen LogP contribution in [-0.2, 0) is 14.3 Å². The van der Waals surface area contributed by atoms with Gasteiger partial charge in [0.05, 0.1) is 25.4 Å². The van der Waals surface area contributed by atoms with E-state index in [2.05, 4.69) is 31.3 Å². The average molecular weight is 690 g/mol. The number of rotatable bonds is 30. The van der Waals surface area contributed by atoms with Gasteiger partial charge >= 0.3 is 0 Å². The SMILES string of the molecule is CCCCCCC/C=C/CCCC(O)C(O)C(COC1OC(CO)C(O)C(O)C1O)NC(=O)C(O)CCCCCCCCCCCCC. The molecule has 8 N–H and O–H groups in total. The van der Waals surface area contributed by atoms with Gasteiger partial charge in [0.25, 0.3) is 0 Å². The van der Waals surface area contributed by atoms with Gasteiger partial charge in [-0.2, -0.15) is 0 Å². The second kappa shape index (κ2) is 28.5. The first-order valence-electron chi connectivity index (χ1n) is 19.1. The predicted octanol–water partition coefficient (Wildman–Crippen LogP) is 4.16. The zero-order valence-corrected chi connectivity index (χ0v) is 30.0. The molecule has 0 aromatic heterocycles. The molecular formula is C37H71NO10. The normalized spacial score (nSPS) is 24.1. The number of allylic oxidation sites excluding steroid dienone is 2. The average Bonchev–Trinajstić information content (AvgIpc) is 3.08. The Kier molecular flexibility index (Phi) is 26.7. The molecule has 0 saturated carbocycles. The van der Waals surface area contributed by atoms with Crippen molar-refractivity contribution >= 4 is 5.91 Å². The van der Waals surface area contributed by atoms with E-state index >= 15 is 0 Å². The fourth-order valence-electron chi connectivity index (χ4n) is 6.03. The maximum atomic E-state index is 12.9. The number of nitrogens with one attached hydrogen (secondary N) is 1. The Hall–Kier alpha value is -1.15. The molecule has 1 rings (SSSR count). The highest BCUT2D eigenvalue weighted by atomic mass is 16.7. The minimum absolute atomic E-state index is 0.257. The van der Waals surface area contributed by atoms with Crippen molar-refractivity contribution in [3.8, 4) is 0 Å². The molecule has 48 heavy (non-hydrogen) atoms. The standard InChI is InChI=1S/C37H71NO10/c1-3-5-7-9-11-13-15-17-19-21-23-25-30(41)36(46)38-28(27-47-37-35(45)34(44)33(43)31(26-39)48-37)32(42)29(40)24-22-20-18-16-14-12-10-8-6-4-2/h16,18,28-35,37,39-45H,3-15,17,19-27H2,1-2H3,(H,38,46)/b18-16+. The lowest BCUT2D eigenvalue weighted by Crippen LogP contribution is -2.60. The highest BCUT2D eigenvalue weighted by Crippen LogP contribution is 2.23. The van der Waals surface area contributed by atoms with Crippen LogP contribution in [0.25, 0.3) is 0 Å². The third-order valence-electron chi connectivity index (χ3n) is 9.32. The zero-order chi connectivity index (χ0) is 35.6. The Morgan fingerprint density at radius 3 is 1.79 bits per heavy atom. The molecule has 1 heterocycles. The van der Waals surface area contributed by atoms with Crippen LogP contribution in [0.3, 0.4) is 0 Å². The van der Waals surface area contributed by atoms with Gasteiger partial charge in [0, 0.05) is 0 Å². The number of carbonyl (C=O) groups is 1. The molecule has 9 unspecified atom stereocenters. The zero-order valence-electron chi connectivity index (χ0n) is 30.0. The van der Waals surface area contributed by atoms with Gasteiger partial charge in [-0.3, -0.25) is 4.79 Å². The molecule has 11 heteroatoms. The summed E-state index contributed by atoms with van der Waals surface area (Å²) in [5.74, 6) is -0.711. The minimum atomic E-state index is -1.66. The third-order valence-corrected chi connectivity index (χ3v) is 9.32. The molecule has 1 amide bonds.